The number of carbonyl (C=O) groups excluding carboxylic acids is 1. The highest BCUT2D eigenvalue weighted by molar-refractivity contribution is 8.01. The molecule has 6 nitrogen and oxygen atoms in total. The highest BCUT2D eigenvalue weighted by Crippen LogP contribution is 2.52. The van der Waals surface area contributed by atoms with Gasteiger partial charge in [0, 0.05) is 29.3 Å². The SMILES string of the molecule is CC(C)(C)OC(=O)N1C[C@H](SC(c2ccccc2)(c2ccccc2)c2ccccc2)C[C@@H]1CN=[N+]=[N-]. The molecule has 1 saturated heterocycles. The molecule has 7 heteroatoms. The largest absolute Gasteiger partial charge is 0.444 e. The lowest BCUT2D eigenvalue weighted by molar-refractivity contribution is 0.0233. The first-order chi connectivity index (χ1) is 17.3. The van der Waals surface area contributed by atoms with Gasteiger partial charge in [-0.05, 0) is 49.4 Å². The van der Waals surface area contributed by atoms with Crippen molar-refractivity contribution >= 4 is 17.9 Å². The fourth-order valence-electron chi connectivity index (χ4n) is 4.78. The Hall–Kier alpha value is -3.41. The highest BCUT2D eigenvalue weighted by Gasteiger charge is 2.44. The Kier molecular flexibility index (Phi) is 7.92. The van der Waals surface area contributed by atoms with Crippen molar-refractivity contribution in [1.82, 2.24) is 4.90 Å². The second-order valence-corrected chi connectivity index (χ2v) is 11.5. The van der Waals surface area contributed by atoms with E-state index in [9.17, 15) is 4.79 Å². The predicted molar refractivity (Wildman–Crippen MR) is 146 cm³/mol. The quantitative estimate of drug-likeness (QED) is 0.147. The lowest BCUT2D eigenvalue weighted by Crippen LogP contribution is -2.41. The molecule has 0 aliphatic carbocycles. The second kappa shape index (κ2) is 11.1. The summed E-state index contributed by atoms with van der Waals surface area (Å²) in [7, 11) is 0. The third kappa shape index (κ3) is 5.69. The Morgan fingerprint density at radius 2 is 1.42 bits per heavy atom. The molecular formula is C29H32N4O2S. The summed E-state index contributed by atoms with van der Waals surface area (Å²) >= 11 is 1.85. The van der Waals surface area contributed by atoms with Crippen LogP contribution in [0, 0.1) is 0 Å². The number of azide groups is 1. The Morgan fingerprint density at radius 1 is 0.944 bits per heavy atom. The van der Waals surface area contributed by atoms with Crippen molar-refractivity contribution in [2.75, 3.05) is 13.1 Å². The predicted octanol–water partition coefficient (Wildman–Crippen LogP) is 7.40. The number of carbonyl (C=O) groups is 1. The lowest BCUT2D eigenvalue weighted by Gasteiger charge is -2.37. The van der Waals surface area contributed by atoms with E-state index < -0.39 is 10.3 Å². The van der Waals surface area contributed by atoms with Crippen LogP contribution in [0.15, 0.2) is 96.1 Å². The van der Waals surface area contributed by atoms with Crippen molar-refractivity contribution < 1.29 is 9.53 Å². The molecule has 1 aliphatic rings. The van der Waals surface area contributed by atoms with Crippen LogP contribution in [0.4, 0.5) is 4.79 Å². The van der Waals surface area contributed by atoms with E-state index in [1.165, 1.54) is 16.7 Å². The number of hydrogen-bond acceptors (Lipinski definition) is 4. The van der Waals surface area contributed by atoms with Crippen molar-refractivity contribution in [3.05, 3.63) is 118 Å². The summed E-state index contributed by atoms with van der Waals surface area (Å²) in [5, 5.41) is 3.90. The van der Waals surface area contributed by atoms with E-state index in [0.29, 0.717) is 13.0 Å². The molecular weight excluding hydrogens is 468 g/mol. The zero-order chi connectivity index (χ0) is 25.6. The molecule has 0 N–H and O–H groups in total. The molecule has 36 heavy (non-hydrogen) atoms. The average Bonchev–Trinajstić information content (AvgIpc) is 3.29. The summed E-state index contributed by atoms with van der Waals surface area (Å²) < 4.78 is 5.22. The lowest BCUT2D eigenvalue weighted by atomic mass is 9.84. The first kappa shape index (κ1) is 25.7. The fourth-order valence-corrected chi connectivity index (χ4v) is 6.65. The molecule has 0 bridgehead atoms. The number of rotatable bonds is 7. The minimum absolute atomic E-state index is 0.0945. The number of hydrogen-bond donors (Lipinski definition) is 0. The molecule has 1 aliphatic heterocycles. The minimum Gasteiger partial charge on any atom is -0.444 e. The summed E-state index contributed by atoms with van der Waals surface area (Å²) in [5.41, 5.74) is 11.9. The van der Waals surface area contributed by atoms with Crippen LogP contribution in [0.3, 0.4) is 0 Å². The van der Waals surface area contributed by atoms with Crippen LogP contribution in [0.1, 0.15) is 43.9 Å². The Balaban J connectivity index is 1.77. The van der Waals surface area contributed by atoms with Crippen molar-refractivity contribution in [2.24, 2.45) is 5.11 Å². The molecule has 3 aromatic rings. The molecule has 0 saturated carbocycles. The van der Waals surface area contributed by atoms with Gasteiger partial charge in [0.1, 0.15) is 5.60 Å². The van der Waals surface area contributed by atoms with Crippen molar-refractivity contribution in [3.63, 3.8) is 0 Å². The van der Waals surface area contributed by atoms with Gasteiger partial charge in [0.25, 0.3) is 0 Å². The molecule has 0 spiro atoms. The molecule has 2 atom stereocenters. The van der Waals surface area contributed by atoms with Gasteiger partial charge >= 0.3 is 6.09 Å². The summed E-state index contributed by atoms with van der Waals surface area (Å²) in [6.45, 7) is 6.32. The summed E-state index contributed by atoms with van der Waals surface area (Å²) in [6, 6.07) is 31.3. The average molecular weight is 501 g/mol. The number of benzene rings is 3. The summed E-state index contributed by atoms with van der Waals surface area (Å²) in [6.07, 6.45) is 0.338. The number of thioether (sulfide) groups is 1. The third-order valence-electron chi connectivity index (χ3n) is 6.24. The van der Waals surface area contributed by atoms with E-state index in [0.717, 1.165) is 0 Å². The number of amides is 1. The van der Waals surface area contributed by atoms with Gasteiger partial charge in [-0.2, -0.15) is 0 Å². The molecule has 3 aromatic carbocycles. The monoisotopic (exact) mass is 500 g/mol. The topological polar surface area (TPSA) is 78.3 Å². The zero-order valence-corrected chi connectivity index (χ0v) is 21.8. The summed E-state index contributed by atoms with van der Waals surface area (Å²) in [4.78, 5) is 17.8. The van der Waals surface area contributed by atoms with Gasteiger partial charge in [0.2, 0.25) is 0 Å². The molecule has 0 radical (unpaired) electrons. The molecule has 1 amide bonds. The molecule has 1 fully saturated rings. The highest BCUT2D eigenvalue weighted by atomic mass is 32.2. The maximum Gasteiger partial charge on any atom is 0.410 e. The maximum atomic E-state index is 13.1. The van der Waals surface area contributed by atoms with Crippen LogP contribution in [0.2, 0.25) is 0 Å². The summed E-state index contributed by atoms with van der Waals surface area (Å²) in [5.74, 6) is 0. The second-order valence-electron chi connectivity index (χ2n) is 9.95. The number of likely N-dealkylation sites (tertiary alicyclic amines) is 1. The van der Waals surface area contributed by atoms with Crippen molar-refractivity contribution in [2.45, 2.75) is 48.8 Å². The van der Waals surface area contributed by atoms with Crippen LogP contribution in [0.5, 0.6) is 0 Å². The first-order valence-electron chi connectivity index (χ1n) is 12.2. The van der Waals surface area contributed by atoms with E-state index in [2.05, 4.69) is 82.8 Å². The zero-order valence-electron chi connectivity index (χ0n) is 20.9. The van der Waals surface area contributed by atoms with Gasteiger partial charge in [-0.15, -0.1) is 11.8 Å². The molecule has 4 rings (SSSR count). The van der Waals surface area contributed by atoms with Crippen LogP contribution >= 0.6 is 11.8 Å². The standard InChI is InChI=1S/C29H32N4O2S/c1-28(2,3)35-27(34)33-21-26(19-25(33)20-31-32-30)36-29(22-13-7-4-8-14-22,23-15-9-5-10-16-23)24-17-11-6-12-18-24/h4-18,25-26H,19-21H2,1-3H3/t25-,26-/m1/s1. The van der Waals surface area contributed by atoms with E-state index in [-0.39, 0.29) is 23.9 Å². The third-order valence-corrected chi connectivity index (χ3v) is 7.98. The molecule has 0 aromatic heterocycles. The first-order valence-corrected chi connectivity index (χ1v) is 13.1. The van der Waals surface area contributed by atoms with Crippen LogP contribution < -0.4 is 0 Å². The molecule has 1 heterocycles. The van der Waals surface area contributed by atoms with Gasteiger partial charge < -0.3 is 9.64 Å². The maximum absolute atomic E-state index is 13.1. The van der Waals surface area contributed by atoms with E-state index in [1.807, 2.05) is 50.7 Å². The number of nitrogens with zero attached hydrogens (tertiary/aromatic N) is 4. The van der Waals surface area contributed by atoms with Gasteiger partial charge in [-0.25, -0.2) is 4.79 Å². The van der Waals surface area contributed by atoms with E-state index in [1.54, 1.807) is 4.90 Å². The van der Waals surface area contributed by atoms with Crippen molar-refractivity contribution in [1.29, 1.82) is 0 Å². The smallest absolute Gasteiger partial charge is 0.410 e. The Morgan fingerprint density at radius 3 is 1.83 bits per heavy atom. The van der Waals surface area contributed by atoms with Gasteiger partial charge in [0.15, 0.2) is 0 Å². The van der Waals surface area contributed by atoms with Gasteiger partial charge in [-0.3, -0.25) is 0 Å². The molecule has 0 unspecified atom stereocenters. The van der Waals surface area contributed by atoms with Crippen LogP contribution in [0.25, 0.3) is 10.4 Å². The molecule has 186 valence electrons. The van der Waals surface area contributed by atoms with Crippen LogP contribution in [-0.4, -0.2) is 41.0 Å². The minimum atomic E-state index is -0.604. The van der Waals surface area contributed by atoms with E-state index in [4.69, 9.17) is 10.3 Å². The Bertz CT molecular complexity index is 1100. The fraction of sp³-hybridized carbons (Fsp3) is 0.345. The van der Waals surface area contributed by atoms with Crippen LogP contribution in [-0.2, 0) is 9.48 Å². The van der Waals surface area contributed by atoms with Gasteiger partial charge in [0.05, 0.1) is 4.75 Å². The van der Waals surface area contributed by atoms with Crippen molar-refractivity contribution in [3.8, 4) is 0 Å². The normalized spacial score (nSPS) is 17.9. The van der Waals surface area contributed by atoms with E-state index >= 15 is 0 Å². The Labute approximate surface area is 217 Å². The number of ether oxygens (including phenoxy) is 1. The van der Waals surface area contributed by atoms with Gasteiger partial charge in [-0.1, -0.05) is 96.1 Å².